The number of nitrogens with two attached hydrogens (primary N) is 1. The maximum Gasteiger partial charge on any atom is 0.315 e. The van der Waals surface area contributed by atoms with Gasteiger partial charge in [-0.15, -0.1) is 0 Å². The maximum absolute atomic E-state index is 10.9. The second-order valence-corrected chi connectivity index (χ2v) is 4.30. The van der Waals surface area contributed by atoms with E-state index in [0.717, 1.165) is 6.54 Å². The minimum atomic E-state index is -0.409. The summed E-state index contributed by atoms with van der Waals surface area (Å²) < 4.78 is 0. The predicted molar refractivity (Wildman–Crippen MR) is 63.5 cm³/mol. The number of nitrogens with zero attached hydrogens (tertiary/aromatic N) is 2. The highest BCUT2D eigenvalue weighted by molar-refractivity contribution is 5.75. The summed E-state index contributed by atoms with van der Waals surface area (Å²) in [6, 6.07) is 5.06. The van der Waals surface area contributed by atoms with Crippen molar-refractivity contribution in [1.82, 2.24) is 0 Å². The zero-order chi connectivity index (χ0) is 11.7. The van der Waals surface area contributed by atoms with Crippen molar-refractivity contribution in [3.8, 4) is 0 Å². The van der Waals surface area contributed by atoms with Crippen LogP contribution in [0.1, 0.15) is 12.8 Å². The summed E-state index contributed by atoms with van der Waals surface area (Å²) in [6.07, 6.45) is 2.45. The third-order valence-electron chi connectivity index (χ3n) is 2.87. The Labute approximate surface area is 94.0 Å². The number of rotatable bonds is 4. The molecule has 1 saturated carbocycles. The monoisotopic (exact) mass is 221 g/mol. The Hall–Kier alpha value is -1.78. The molecule has 1 aliphatic carbocycles. The molecule has 0 atom stereocenters. The molecular formula is C11H15N3O2. The highest BCUT2D eigenvalue weighted by Gasteiger charge is 2.26. The number of nitro benzene ring substituents is 1. The fourth-order valence-corrected chi connectivity index (χ4v) is 1.84. The molecule has 1 aliphatic rings. The van der Waals surface area contributed by atoms with Crippen LogP contribution in [0.15, 0.2) is 18.2 Å². The average Bonchev–Trinajstić information content (AvgIpc) is 3.00. The van der Waals surface area contributed by atoms with Crippen LogP contribution in [0.2, 0.25) is 0 Å². The quantitative estimate of drug-likeness (QED) is 0.479. The van der Waals surface area contributed by atoms with Crippen LogP contribution in [0.5, 0.6) is 0 Å². The fourth-order valence-electron chi connectivity index (χ4n) is 1.84. The van der Waals surface area contributed by atoms with Crippen molar-refractivity contribution < 1.29 is 4.92 Å². The van der Waals surface area contributed by atoms with E-state index in [2.05, 4.69) is 0 Å². The summed E-state index contributed by atoms with van der Waals surface area (Å²) in [4.78, 5) is 12.5. The molecule has 0 amide bonds. The van der Waals surface area contributed by atoms with E-state index in [-0.39, 0.29) is 11.4 Å². The lowest BCUT2D eigenvalue weighted by Crippen LogP contribution is -2.21. The number of benzene rings is 1. The number of hydrogen-bond donors (Lipinski definition) is 1. The van der Waals surface area contributed by atoms with Gasteiger partial charge in [-0.25, -0.2) is 0 Å². The highest BCUT2D eigenvalue weighted by atomic mass is 16.6. The van der Waals surface area contributed by atoms with Gasteiger partial charge < -0.3 is 10.6 Å². The molecule has 1 aromatic carbocycles. The lowest BCUT2D eigenvalue weighted by atomic mass is 10.2. The predicted octanol–water partition coefficient (Wildman–Crippen LogP) is 2.02. The van der Waals surface area contributed by atoms with Crippen LogP contribution < -0.4 is 10.6 Å². The number of nitro groups is 1. The van der Waals surface area contributed by atoms with Crippen molar-refractivity contribution in [3.63, 3.8) is 0 Å². The molecule has 5 heteroatoms. The van der Waals surface area contributed by atoms with E-state index < -0.39 is 4.92 Å². The molecule has 0 aliphatic heterocycles. The number of anilines is 2. The third kappa shape index (κ3) is 2.08. The van der Waals surface area contributed by atoms with Gasteiger partial charge in [0.2, 0.25) is 0 Å². The Morgan fingerprint density at radius 1 is 1.56 bits per heavy atom. The van der Waals surface area contributed by atoms with Crippen LogP contribution in [0.25, 0.3) is 0 Å². The number of hydrogen-bond acceptors (Lipinski definition) is 4. The Balaban J connectivity index is 2.30. The maximum atomic E-state index is 10.9. The lowest BCUT2D eigenvalue weighted by molar-refractivity contribution is -0.383. The standard InChI is InChI=1S/C11H15N3O2/c1-13(7-8-5-6-8)10-4-2-3-9(12)11(10)14(15)16/h2-4,8H,5-7,12H2,1H3. The summed E-state index contributed by atoms with van der Waals surface area (Å²) in [6.45, 7) is 0.865. The normalized spacial score (nSPS) is 14.8. The van der Waals surface area contributed by atoms with Gasteiger partial charge in [-0.2, -0.15) is 0 Å². The molecular weight excluding hydrogens is 206 g/mol. The smallest absolute Gasteiger partial charge is 0.315 e. The molecule has 2 N–H and O–H groups in total. The Bertz CT molecular complexity index is 416. The van der Waals surface area contributed by atoms with E-state index in [1.165, 1.54) is 12.8 Å². The summed E-state index contributed by atoms with van der Waals surface area (Å²) in [5, 5.41) is 10.9. The lowest BCUT2D eigenvalue weighted by Gasteiger charge is -2.19. The van der Waals surface area contributed by atoms with E-state index in [0.29, 0.717) is 11.6 Å². The van der Waals surface area contributed by atoms with Crippen LogP contribution in [0.3, 0.4) is 0 Å². The molecule has 1 aromatic rings. The molecule has 0 spiro atoms. The summed E-state index contributed by atoms with van der Waals surface area (Å²) >= 11 is 0. The van der Waals surface area contributed by atoms with Crippen molar-refractivity contribution in [2.45, 2.75) is 12.8 Å². The Morgan fingerprint density at radius 2 is 2.25 bits per heavy atom. The van der Waals surface area contributed by atoms with Crippen molar-refractivity contribution >= 4 is 17.1 Å². The fraction of sp³-hybridized carbons (Fsp3) is 0.455. The molecule has 1 fully saturated rings. The highest BCUT2D eigenvalue weighted by Crippen LogP contribution is 2.36. The molecule has 0 heterocycles. The van der Waals surface area contributed by atoms with Gasteiger partial charge in [-0.3, -0.25) is 10.1 Å². The van der Waals surface area contributed by atoms with E-state index in [9.17, 15) is 10.1 Å². The first kappa shape index (κ1) is 10.7. The molecule has 0 unspecified atom stereocenters. The van der Waals surface area contributed by atoms with Gasteiger partial charge in [-0.1, -0.05) is 6.07 Å². The molecule has 2 rings (SSSR count). The molecule has 16 heavy (non-hydrogen) atoms. The second-order valence-electron chi connectivity index (χ2n) is 4.30. The van der Waals surface area contributed by atoms with E-state index in [4.69, 9.17) is 5.73 Å². The van der Waals surface area contributed by atoms with Gasteiger partial charge in [0, 0.05) is 13.6 Å². The minimum absolute atomic E-state index is 0.0191. The van der Waals surface area contributed by atoms with Crippen molar-refractivity contribution in [3.05, 3.63) is 28.3 Å². The SMILES string of the molecule is CN(CC1CC1)c1cccc(N)c1[N+](=O)[O-]. The Kier molecular flexibility index (Phi) is 2.68. The molecule has 86 valence electrons. The third-order valence-corrected chi connectivity index (χ3v) is 2.87. The van der Waals surface area contributed by atoms with Gasteiger partial charge in [0.1, 0.15) is 11.4 Å². The zero-order valence-electron chi connectivity index (χ0n) is 9.22. The van der Waals surface area contributed by atoms with Crippen LogP contribution >= 0.6 is 0 Å². The molecule has 5 nitrogen and oxygen atoms in total. The van der Waals surface area contributed by atoms with Crippen LogP contribution in [0, 0.1) is 16.0 Å². The average molecular weight is 221 g/mol. The Morgan fingerprint density at radius 3 is 2.81 bits per heavy atom. The van der Waals surface area contributed by atoms with E-state index >= 15 is 0 Å². The number of nitrogen functional groups attached to an aromatic ring is 1. The summed E-state index contributed by atoms with van der Waals surface area (Å²) in [5.74, 6) is 0.686. The van der Waals surface area contributed by atoms with Crippen molar-refractivity contribution in [1.29, 1.82) is 0 Å². The first-order chi connectivity index (χ1) is 7.59. The van der Waals surface area contributed by atoms with Crippen LogP contribution in [-0.4, -0.2) is 18.5 Å². The zero-order valence-corrected chi connectivity index (χ0v) is 9.22. The molecule has 0 aromatic heterocycles. The van der Waals surface area contributed by atoms with Gasteiger partial charge in [0.15, 0.2) is 0 Å². The van der Waals surface area contributed by atoms with Crippen LogP contribution in [0.4, 0.5) is 17.1 Å². The van der Waals surface area contributed by atoms with Gasteiger partial charge in [0.25, 0.3) is 0 Å². The van der Waals surface area contributed by atoms with E-state index in [1.54, 1.807) is 18.2 Å². The summed E-state index contributed by atoms with van der Waals surface area (Å²) in [7, 11) is 1.88. The first-order valence-electron chi connectivity index (χ1n) is 5.33. The summed E-state index contributed by atoms with van der Waals surface area (Å²) in [5.41, 5.74) is 6.49. The van der Waals surface area contributed by atoms with Crippen molar-refractivity contribution in [2.24, 2.45) is 5.92 Å². The van der Waals surface area contributed by atoms with Gasteiger partial charge >= 0.3 is 5.69 Å². The topological polar surface area (TPSA) is 72.4 Å². The van der Waals surface area contributed by atoms with E-state index in [1.807, 2.05) is 11.9 Å². The van der Waals surface area contributed by atoms with Gasteiger partial charge in [-0.05, 0) is 30.9 Å². The van der Waals surface area contributed by atoms with Gasteiger partial charge in [0.05, 0.1) is 4.92 Å². The number of para-hydroxylation sites is 1. The first-order valence-corrected chi connectivity index (χ1v) is 5.33. The van der Waals surface area contributed by atoms with Crippen LogP contribution in [-0.2, 0) is 0 Å². The molecule has 0 saturated heterocycles. The van der Waals surface area contributed by atoms with Crippen molar-refractivity contribution in [2.75, 3.05) is 24.2 Å². The minimum Gasteiger partial charge on any atom is -0.393 e. The second kappa shape index (κ2) is 4.00. The largest absolute Gasteiger partial charge is 0.393 e. The molecule has 0 bridgehead atoms. The molecule has 0 radical (unpaired) electrons.